The number of nitrogens with one attached hydrogen (secondary N) is 1. The number of nitrogens with zero attached hydrogens (tertiary/aromatic N) is 1. The highest BCUT2D eigenvalue weighted by Crippen LogP contribution is 2.27. The average Bonchev–Trinajstić information content (AvgIpc) is 2.42. The van der Waals surface area contributed by atoms with E-state index in [9.17, 15) is 17.6 Å². The first-order chi connectivity index (χ1) is 10.7. The smallest absolute Gasteiger partial charge is 0.317 e. The molecule has 0 atom stereocenters. The van der Waals surface area contributed by atoms with E-state index in [1.807, 2.05) is 6.92 Å². The molecule has 0 radical (unpaired) electrons. The predicted octanol–water partition coefficient (Wildman–Crippen LogP) is 1.35. The van der Waals surface area contributed by atoms with Crippen LogP contribution in [-0.4, -0.2) is 49.6 Å². The van der Waals surface area contributed by atoms with E-state index in [0.717, 1.165) is 0 Å². The van der Waals surface area contributed by atoms with Gasteiger partial charge in [-0.2, -0.15) is 0 Å². The van der Waals surface area contributed by atoms with Crippen LogP contribution < -0.4 is 4.72 Å². The van der Waals surface area contributed by atoms with Gasteiger partial charge in [-0.25, -0.2) is 17.5 Å². The van der Waals surface area contributed by atoms with Crippen LogP contribution in [-0.2, 0) is 14.8 Å². The second-order valence-corrected chi connectivity index (χ2v) is 7.47. The highest BCUT2D eigenvalue weighted by molar-refractivity contribution is 7.89. The molecule has 1 fully saturated rings. The first-order valence-electron chi connectivity index (χ1n) is 7.48. The average molecular weight is 344 g/mol. The van der Waals surface area contributed by atoms with Gasteiger partial charge in [0.05, 0.1) is 6.54 Å². The van der Waals surface area contributed by atoms with Crippen LogP contribution in [0.3, 0.4) is 0 Å². The Morgan fingerprint density at radius 3 is 2.65 bits per heavy atom. The minimum atomic E-state index is -3.91. The number of benzene rings is 1. The van der Waals surface area contributed by atoms with Crippen molar-refractivity contribution in [2.45, 2.75) is 43.7 Å². The Morgan fingerprint density at radius 1 is 1.43 bits per heavy atom. The van der Waals surface area contributed by atoms with Crippen molar-refractivity contribution >= 4 is 16.0 Å². The van der Waals surface area contributed by atoms with Gasteiger partial charge in [-0.15, -0.1) is 0 Å². The molecule has 2 rings (SSSR count). The summed E-state index contributed by atoms with van der Waals surface area (Å²) in [5.41, 5.74) is 0.276. The van der Waals surface area contributed by atoms with Crippen molar-refractivity contribution in [2.75, 3.05) is 13.1 Å². The van der Waals surface area contributed by atoms with E-state index in [2.05, 4.69) is 4.72 Å². The largest absolute Gasteiger partial charge is 0.480 e. The molecule has 0 unspecified atom stereocenters. The normalized spacial score (nSPS) is 21.2. The van der Waals surface area contributed by atoms with Crippen molar-refractivity contribution in [3.05, 3.63) is 29.6 Å². The van der Waals surface area contributed by atoms with Crippen LogP contribution in [0.1, 0.15) is 25.3 Å². The summed E-state index contributed by atoms with van der Waals surface area (Å²) in [6, 6.07) is 3.99. The molecule has 2 N–H and O–H groups in total. The minimum Gasteiger partial charge on any atom is -0.480 e. The fraction of sp³-hybridized carbons (Fsp3) is 0.533. The number of aryl methyl sites for hydroxylation is 1. The topological polar surface area (TPSA) is 86.7 Å². The fourth-order valence-corrected chi connectivity index (χ4v) is 4.18. The van der Waals surface area contributed by atoms with Crippen LogP contribution in [0.15, 0.2) is 23.1 Å². The van der Waals surface area contributed by atoms with E-state index < -0.39 is 21.8 Å². The lowest BCUT2D eigenvalue weighted by molar-refractivity contribution is -0.139. The number of hydrogen-bond donors (Lipinski definition) is 2. The molecule has 0 amide bonds. The first kappa shape index (κ1) is 17.8. The number of rotatable bonds is 7. The minimum absolute atomic E-state index is 0.0335. The Bertz CT molecular complexity index is 687. The molecule has 0 spiro atoms. The third-order valence-electron chi connectivity index (χ3n) is 4.14. The number of sulfonamides is 1. The molecule has 1 aromatic rings. The monoisotopic (exact) mass is 344 g/mol. The van der Waals surface area contributed by atoms with Crippen LogP contribution in [0.25, 0.3) is 0 Å². The van der Waals surface area contributed by atoms with E-state index in [1.165, 1.54) is 25.1 Å². The standard InChI is InChI=1S/C15H21FN2O4S/c1-3-18(9-14(19)20)12-7-11(8-12)17-23(21,22)13-6-4-5-10(2)15(13)16/h4-6,11-12,17H,3,7-9H2,1-2H3,(H,19,20). The summed E-state index contributed by atoms with van der Waals surface area (Å²) in [6.07, 6.45) is 1.04. The molecule has 128 valence electrons. The van der Waals surface area contributed by atoms with E-state index >= 15 is 0 Å². The summed E-state index contributed by atoms with van der Waals surface area (Å²) in [6.45, 7) is 3.90. The maximum Gasteiger partial charge on any atom is 0.317 e. The quantitative estimate of drug-likeness (QED) is 0.780. The maximum absolute atomic E-state index is 14.0. The maximum atomic E-state index is 14.0. The van der Waals surface area contributed by atoms with Gasteiger partial charge in [0.2, 0.25) is 10.0 Å². The van der Waals surface area contributed by atoms with Crippen molar-refractivity contribution in [1.29, 1.82) is 0 Å². The third kappa shape index (κ3) is 4.07. The second kappa shape index (κ2) is 6.94. The number of halogens is 1. The van der Waals surface area contributed by atoms with Gasteiger partial charge in [-0.1, -0.05) is 19.1 Å². The lowest BCUT2D eigenvalue weighted by Crippen LogP contribution is -2.54. The zero-order chi connectivity index (χ0) is 17.2. The lowest BCUT2D eigenvalue weighted by Gasteiger charge is -2.42. The molecule has 0 bridgehead atoms. The molecule has 1 aliphatic carbocycles. The molecule has 1 saturated carbocycles. The molecule has 6 nitrogen and oxygen atoms in total. The summed E-state index contributed by atoms with van der Waals surface area (Å²) < 4.78 is 41.0. The van der Waals surface area contributed by atoms with Crippen molar-refractivity contribution in [3.8, 4) is 0 Å². The summed E-state index contributed by atoms with van der Waals surface area (Å²) in [4.78, 5) is 12.2. The van der Waals surface area contributed by atoms with E-state index in [0.29, 0.717) is 19.4 Å². The first-order valence-corrected chi connectivity index (χ1v) is 8.96. The lowest BCUT2D eigenvalue weighted by atomic mass is 9.86. The van der Waals surface area contributed by atoms with Crippen LogP contribution in [0.2, 0.25) is 0 Å². The summed E-state index contributed by atoms with van der Waals surface area (Å²) in [5, 5.41) is 8.85. The number of likely N-dealkylation sites (N-methyl/N-ethyl adjacent to an activating group) is 1. The van der Waals surface area contributed by atoms with Gasteiger partial charge >= 0.3 is 5.97 Å². The van der Waals surface area contributed by atoms with Crippen LogP contribution in [0.5, 0.6) is 0 Å². The zero-order valence-corrected chi connectivity index (χ0v) is 13.9. The molecule has 0 aliphatic heterocycles. The van der Waals surface area contributed by atoms with Crippen LogP contribution >= 0.6 is 0 Å². The molecular weight excluding hydrogens is 323 g/mol. The highest BCUT2D eigenvalue weighted by Gasteiger charge is 2.36. The Balaban J connectivity index is 1.99. The van der Waals surface area contributed by atoms with Gasteiger partial charge in [-0.3, -0.25) is 9.69 Å². The highest BCUT2D eigenvalue weighted by atomic mass is 32.2. The summed E-state index contributed by atoms with van der Waals surface area (Å²) >= 11 is 0. The van der Waals surface area contributed by atoms with Crippen LogP contribution in [0, 0.1) is 12.7 Å². The number of hydrogen-bond acceptors (Lipinski definition) is 4. The van der Waals surface area contributed by atoms with Crippen molar-refractivity contribution in [2.24, 2.45) is 0 Å². The molecule has 0 saturated heterocycles. The van der Waals surface area contributed by atoms with Crippen molar-refractivity contribution < 1.29 is 22.7 Å². The second-order valence-electron chi connectivity index (χ2n) is 5.79. The SMILES string of the molecule is CCN(CC(=O)O)C1CC(NS(=O)(=O)c2cccc(C)c2F)C1. The van der Waals surface area contributed by atoms with Crippen molar-refractivity contribution in [3.63, 3.8) is 0 Å². The van der Waals surface area contributed by atoms with Gasteiger partial charge in [-0.05, 0) is 37.9 Å². The van der Waals surface area contributed by atoms with Gasteiger partial charge in [0.1, 0.15) is 10.7 Å². The third-order valence-corrected chi connectivity index (χ3v) is 5.68. The van der Waals surface area contributed by atoms with Gasteiger partial charge in [0.25, 0.3) is 0 Å². The number of carboxylic acids is 1. The van der Waals surface area contributed by atoms with Crippen molar-refractivity contribution in [1.82, 2.24) is 9.62 Å². The molecule has 23 heavy (non-hydrogen) atoms. The molecule has 0 heterocycles. The molecule has 8 heteroatoms. The zero-order valence-electron chi connectivity index (χ0n) is 13.1. The summed E-state index contributed by atoms with van der Waals surface area (Å²) in [7, 11) is -3.91. The van der Waals surface area contributed by atoms with Gasteiger partial charge < -0.3 is 5.11 Å². The predicted molar refractivity (Wildman–Crippen MR) is 83.2 cm³/mol. The van der Waals surface area contributed by atoms with E-state index in [-0.39, 0.29) is 29.1 Å². The molecule has 1 aromatic carbocycles. The number of carbonyl (C=O) groups is 1. The Hall–Kier alpha value is -1.51. The molecule has 1 aliphatic rings. The Morgan fingerprint density at radius 2 is 2.09 bits per heavy atom. The number of aliphatic carboxylic acids is 1. The Labute approximate surface area is 135 Å². The fourth-order valence-electron chi connectivity index (χ4n) is 2.77. The van der Waals surface area contributed by atoms with E-state index in [1.54, 1.807) is 4.90 Å². The summed E-state index contributed by atoms with van der Waals surface area (Å²) in [5.74, 6) is -1.64. The van der Waals surface area contributed by atoms with Gasteiger partial charge in [0.15, 0.2) is 0 Å². The molecule has 0 aromatic heterocycles. The number of carboxylic acid groups (broad SMARTS) is 1. The van der Waals surface area contributed by atoms with Crippen LogP contribution in [0.4, 0.5) is 4.39 Å². The molecular formula is C15H21FN2O4S. The Kier molecular flexibility index (Phi) is 5.38. The van der Waals surface area contributed by atoms with Gasteiger partial charge in [0, 0.05) is 12.1 Å². The van der Waals surface area contributed by atoms with E-state index in [4.69, 9.17) is 5.11 Å².